The summed E-state index contributed by atoms with van der Waals surface area (Å²) in [5.74, 6) is 0.245. The molecule has 0 saturated carbocycles. The number of benzene rings is 2. The molecule has 148 valence electrons. The molecule has 1 fully saturated rings. The minimum Gasteiger partial charge on any atom is -0.352 e. The third-order valence-electron chi connectivity index (χ3n) is 5.84. The summed E-state index contributed by atoms with van der Waals surface area (Å²) in [6, 6.07) is 18.0. The van der Waals surface area contributed by atoms with Crippen molar-refractivity contribution < 1.29 is 9.59 Å². The van der Waals surface area contributed by atoms with Crippen LogP contribution in [0.1, 0.15) is 54.6 Å². The van der Waals surface area contributed by atoms with E-state index in [1.807, 2.05) is 43.3 Å². The van der Waals surface area contributed by atoms with E-state index >= 15 is 0 Å². The monoisotopic (exact) mass is 378 g/mol. The van der Waals surface area contributed by atoms with Crippen molar-refractivity contribution in [2.24, 2.45) is 0 Å². The highest BCUT2D eigenvalue weighted by atomic mass is 16.1. The van der Waals surface area contributed by atoms with Gasteiger partial charge in [-0.3, -0.25) is 14.5 Å². The zero-order valence-corrected chi connectivity index (χ0v) is 16.9. The summed E-state index contributed by atoms with van der Waals surface area (Å²) in [5, 5.41) is 2.93. The van der Waals surface area contributed by atoms with E-state index in [0.717, 1.165) is 50.0 Å². The average molecular weight is 379 g/mol. The van der Waals surface area contributed by atoms with Crippen molar-refractivity contribution in [3.63, 3.8) is 0 Å². The molecule has 0 atom stereocenters. The molecule has 1 aliphatic rings. The number of carbonyl (C=O) groups is 2. The first kappa shape index (κ1) is 20.3. The molecule has 1 N–H and O–H groups in total. The lowest BCUT2D eigenvalue weighted by Crippen LogP contribution is -2.46. The summed E-state index contributed by atoms with van der Waals surface area (Å²) in [6.45, 7) is 7.02. The highest BCUT2D eigenvalue weighted by molar-refractivity contribution is 5.94. The van der Waals surface area contributed by atoms with Crippen molar-refractivity contribution in [1.82, 2.24) is 10.2 Å². The maximum Gasteiger partial charge on any atom is 0.251 e. The smallest absolute Gasteiger partial charge is 0.251 e. The predicted octanol–water partition coefficient (Wildman–Crippen LogP) is 3.95. The van der Waals surface area contributed by atoms with Crippen LogP contribution in [0.4, 0.5) is 0 Å². The summed E-state index contributed by atoms with van der Waals surface area (Å²) >= 11 is 0. The molecule has 4 nitrogen and oxygen atoms in total. The third kappa shape index (κ3) is 4.50. The molecule has 2 aromatic carbocycles. The van der Waals surface area contributed by atoms with Gasteiger partial charge in [-0.15, -0.1) is 0 Å². The van der Waals surface area contributed by atoms with Gasteiger partial charge in [0, 0.05) is 18.7 Å². The topological polar surface area (TPSA) is 49.4 Å². The molecular formula is C24H30N2O2. The minimum absolute atomic E-state index is 0.0120. The predicted molar refractivity (Wildman–Crippen MR) is 112 cm³/mol. The van der Waals surface area contributed by atoms with Crippen molar-refractivity contribution in [1.29, 1.82) is 0 Å². The number of hydrogen-bond acceptors (Lipinski definition) is 3. The Balaban J connectivity index is 1.66. The van der Waals surface area contributed by atoms with E-state index in [1.165, 1.54) is 0 Å². The molecule has 1 aliphatic heterocycles. The van der Waals surface area contributed by atoms with Gasteiger partial charge < -0.3 is 5.32 Å². The molecule has 1 amide bonds. The second-order valence-corrected chi connectivity index (χ2v) is 7.74. The van der Waals surface area contributed by atoms with Gasteiger partial charge in [0.2, 0.25) is 0 Å². The number of ketones is 1. The lowest BCUT2D eigenvalue weighted by Gasteiger charge is -2.40. The fourth-order valence-corrected chi connectivity index (χ4v) is 4.10. The van der Waals surface area contributed by atoms with Gasteiger partial charge in [0.15, 0.2) is 0 Å². The number of carbonyl (C=O) groups excluding carboxylic acids is 2. The number of amides is 1. The number of Topliss-reactive ketones (excluding diaryl/α,β-unsaturated/α-hetero) is 1. The fraction of sp³-hybridized carbons (Fsp3) is 0.417. The molecule has 0 spiro atoms. The molecule has 1 saturated heterocycles. The van der Waals surface area contributed by atoms with Crippen LogP contribution >= 0.6 is 0 Å². The second-order valence-electron chi connectivity index (χ2n) is 7.74. The van der Waals surface area contributed by atoms with Gasteiger partial charge in [-0.2, -0.15) is 0 Å². The van der Waals surface area contributed by atoms with E-state index in [-0.39, 0.29) is 17.1 Å². The van der Waals surface area contributed by atoms with E-state index < -0.39 is 0 Å². The first-order valence-corrected chi connectivity index (χ1v) is 10.2. The molecule has 3 rings (SSSR count). The number of likely N-dealkylation sites (tertiary alicyclic amines) is 1. The van der Waals surface area contributed by atoms with Gasteiger partial charge in [-0.25, -0.2) is 0 Å². The Morgan fingerprint density at radius 3 is 2.39 bits per heavy atom. The van der Waals surface area contributed by atoms with Crippen molar-refractivity contribution in [3.05, 3.63) is 71.3 Å². The SMILES string of the molecule is CCCNC(=O)c1cccc(CN2CCC(C(C)=O)(c3ccccc3)CC2)c1. The van der Waals surface area contributed by atoms with Crippen LogP contribution in [0.15, 0.2) is 54.6 Å². The first-order chi connectivity index (χ1) is 13.5. The largest absolute Gasteiger partial charge is 0.352 e. The van der Waals surface area contributed by atoms with Crippen LogP contribution in [-0.4, -0.2) is 36.2 Å². The van der Waals surface area contributed by atoms with Crippen LogP contribution in [-0.2, 0) is 16.8 Å². The Labute approximate surface area is 167 Å². The second kappa shape index (κ2) is 9.16. The van der Waals surface area contributed by atoms with Gasteiger partial charge in [-0.05, 0) is 62.5 Å². The van der Waals surface area contributed by atoms with Crippen LogP contribution in [0.5, 0.6) is 0 Å². The molecule has 4 heteroatoms. The number of nitrogens with zero attached hydrogens (tertiary/aromatic N) is 1. The average Bonchev–Trinajstić information content (AvgIpc) is 2.73. The number of piperidine rings is 1. The quantitative estimate of drug-likeness (QED) is 0.794. The maximum atomic E-state index is 12.5. The maximum absolute atomic E-state index is 12.5. The molecule has 0 unspecified atom stereocenters. The minimum atomic E-state index is -0.361. The van der Waals surface area contributed by atoms with Gasteiger partial charge in [-0.1, -0.05) is 49.4 Å². The van der Waals surface area contributed by atoms with Crippen molar-refractivity contribution >= 4 is 11.7 Å². The molecule has 0 aliphatic carbocycles. The molecular weight excluding hydrogens is 348 g/mol. The molecule has 0 bridgehead atoms. The number of rotatable bonds is 7. The number of hydrogen-bond donors (Lipinski definition) is 1. The normalized spacial score (nSPS) is 16.5. The van der Waals surface area contributed by atoms with Crippen LogP contribution in [0, 0.1) is 0 Å². The number of nitrogens with one attached hydrogen (secondary N) is 1. The van der Waals surface area contributed by atoms with E-state index in [2.05, 4.69) is 28.4 Å². The summed E-state index contributed by atoms with van der Waals surface area (Å²) in [7, 11) is 0. The zero-order valence-electron chi connectivity index (χ0n) is 16.9. The molecule has 1 heterocycles. The molecule has 0 aromatic heterocycles. The Hall–Kier alpha value is -2.46. The lowest BCUT2D eigenvalue weighted by atomic mass is 9.70. The van der Waals surface area contributed by atoms with E-state index in [0.29, 0.717) is 12.1 Å². The van der Waals surface area contributed by atoms with Gasteiger partial charge in [0.25, 0.3) is 5.91 Å². The Morgan fingerprint density at radius 1 is 1.04 bits per heavy atom. The zero-order chi connectivity index (χ0) is 20.0. The highest BCUT2D eigenvalue weighted by Gasteiger charge is 2.40. The van der Waals surface area contributed by atoms with E-state index in [9.17, 15) is 9.59 Å². The van der Waals surface area contributed by atoms with Crippen LogP contribution < -0.4 is 5.32 Å². The first-order valence-electron chi connectivity index (χ1n) is 10.2. The van der Waals surface area contributed by atoms with Crippen LogP contribution in [0.25, 0.3) is 0 Å². The van der Waals surface area contributed by atoms with Crippen molar-refractivity contribution in [3.8, 4) is 0 Å². The Kier molecular flexibility index (Phi) is 6.63. The van der Waals surface area contributed by atoms with Gasteiger partial charge in [0.05, 0.1) is 5.41 Å². The Bertz CT molecular complexity index is 808. The molecule has 2 aromatic rings. The Morgan fingerprint density at radius 2 is 1.75 bits per heavy atom. The molecule has 28 heavy (non-hydrogen) atoms. The van der Waals surface area contributed by atoms with Crippen molar-refractivity contribution in [2.45, 2.75) is 45.1 Å². The van der Waals surface area contributed by atoms with Gasteiger partial charge in [0.1, 0.15) is 5.78 Å². The van der Waals surface area contributed by atoms with E-state index in [1.54, 1.807) is 6.92 Å². The van der Waals surface area contributed by atoms with Gasteiger partial charge >= 0.3 is 0 Å². The summed E-state index contributed by atoms with van der Waals surface area (Å²) < 4.78 is 0. The van der Waals surface area contributed by atoms with E-state index in [4.69, 9.17) is 0 Å². The molecule has 0 radical (unpaired) electrons. The fourth-order valence-electron chi connectivity index (χ4n) is 4.10. The van der Waals surface area contributed by atoms with Crippen LogP contribution in [0.3, 0.4) is 0 Å². The summed E-state index contributed by atoms with van der Waals surface area (Å²) in [4.78, 5) is 27.1. The van der Waals surface area contributed by atoms with Crippen molar-refractivity contribution in [2.75, 3.05) is 19.6 Å². The summed E-state index contributed by atoms with van der Waals surface area (Å²) in [6.07, 6.45) is 2.60. The third-order valence-corrected chi connectivity index (χ3v) is 5.84. The highest BCUT2D eigenvalue weighted by Crippen LogP contribution is 2.36. The lowest BCUT2D eigenvalue weighted by molar-refractivity contribution is -0.124. The summed E-state index contributed by atoms with van der Waals surface area (Å²) in [5.41, 5.74) is 2.63. The standard InChI is InChI=1S/C24H30N2O2/c1-3-14-25-23(28)21-9-7-8-20(17-21)18-26-15-12-24(13-16-26,19(2)27)22-10-5-4-6-11-22/h4-11,17H,3,12-16,18H2,1-2H3,(H,25,28). The van der Waals surface area contributed by atoms with Crippen LogP contribution in [0.2, 0.25) is 0 Å².